The van der Waals surface area contributed by atoms with Crippen molar-refractivity contribution in [2.45, 2.75) is 63.5 Å². The molecule has 2 N–H and O–H groups in total. The topological polar surface area (TPSA) is 105 Å². The fraction of sp³-hybridized carbons (Fsp3) is 0.545. The number of amides is 4. The summed E-state index contributed by atoms with van der Waals surface area (Å²) in [6, 6.07) is 9.16. The number of imide groups is 1. The van der Waals surface area contributed by atoms with Crippen LogP contribution in [0.4, 0.5) is 4.79 Å². The number of rotatable bonds is 8. The van der Waals surface area contributed by atoms with Gasteiger partial charge in [0.2, 0.25) is 0 Å². The lowest BCUT2D eigenvalue weighted by atomic mass is 9.93. The molecular formula is C22H29N3O5. The third kappa shape index (κ3) is 5.58. The van der Waals surface area contributed by atoms with Crippen LogP contribution in [0.2, 0.25) is 0 Å². The number of carbonyl (C=O) groups is 4. The Hall–Kier alpha value is -2.90. The van der Waals surface area contributed by atoms with Gasteiger partial charge < -0.3 is 15.4 Å². The molecule has 0 radical (unpaired) electrons. The number of hydrogen-bond donors (Lipinski definition) is 2. The summed E-state index contributed by atoms with van der Waals surface area (Å²) in [6.07, 6.45) is 6.24. The predicted molar refractivity (Wildman–Crippen MR) is 109 cm³/mol. The second-order valence-corrected chi connectivity index (χ2v) is 8.20. The standard InChI is InChI=1S/C22H29N3O5/c1-22(13-12-16-8-4-2-5-9-16)20(28)25(21(29)24-22)14-19(27)30-15-18(26)23-17-10-6-3-7-11-17/h2,4-5,8-9,17H,3,6-7,10-15H2,1H3,(H,23,26)(H,24,29)/t22-/m1/s1. The van der Waals surface area contributed by atoms with E-state index >= 15 is 0 Å². The Morgan fingerprint density at radius 3 is 2.57 bits per heavy atom. The van der Waals surface area contributed by atoms with Crippen LogP contribution in [-0.4, -0.2) is 53.4 Å². The molecule has 162 valence electrons. The van der Waals surface area contributed by atoms with E-state index in [2.05, 4.69) is 10.6 Å². The highest BCUT2D eigenvalue weighted by molar-refractivity contribution is 6.08. The minimum absolute atomic E-state index is 0.126. The van der Waals surface area contributed by atoms with Crippen molar-refractivity contribution in [3.8, 4) is 0 Å². The van der Waals surface area contributed by atoms with Crippen molar-refractivity contribution in [3.63, 3.8) is 0 Å². The molecular weight excluding hydrogens is 386 g/mol. The van der Waals surface area contributed by atoms with Gasteiger partial charge in [-0.3, -0.25) is 19.3 Å². The van der Waals surface area contributed by atoms with Crippen molar-refractivity contribution in [2.24, 2.45) is 0 Å². The van der Waals surface area contributed by atoms with Gasteiger partial charge in [-0.15, -0.1) is 0 Å². The van der Waals surface area contributed by atoms with Crippen molar-refractivity contribution >= 4 is 23.8 Å². The number of esters is 1. The van der Waals surface area contributed by atoms with Gasteiger partial charge in [0, 0.05) is 6.04 Å². The average Bonchev–Trinajstić information content (AvgIpc) is 2.96. The van der Waals surface area contributed by atoms with E-state index in [1.165, 1.54) is 6.42 Å². The Balaban J connectivity index is 1.45. The van der Waals surface area contributed by atoms with Crippen molar-refractivity contribution in [1.82, 2.24) is 15.5 Å². The van der Waals surface area contributed by atoms with Crippen LogP contribution in [0.15, 0.2) is 30.3 Å². The molecule has 1 heterocycles. The second kappa shape index (κ2) is 9.73. The molecule has 0 unspecified atom stereocenters. The van der Waals surface area contributed by atoms with Crippen LogP contribution in [0, 0.1) is 0 Å². The number of ether oxygens (including phenoxy) is 1. The maximum Gasteiger partial charge on any atom is 0.326 e. The first-order valence-corrected chi connectivity index (χ1v) is 10.5. The summed E-state index contributed by atoms with van der Waals surface area (Å²) in [5, 5.41) is 5.53. The van der Waals surface area contributed by atoms with Crippen molar-refractivity contribution in [3.05, 3.63) is 35.9 Å². The Bertz CT molecular complexity index is 791. The maximum absolute atomic E-state index is 12.8. The van der Waals surface area contributed by atoms with Crippen LogP contribution in [-0.2, 0) is 25.5 Å². The Morgan fingerprint density at radius 1 is 1.17 bits per heavy atom. The van der Waals surface area contributed by atoms with Crippen LogP contribution in [0.3, 0.4) is 0 Å². The molecule has 1 saturated carbocycles. The van der Waals surface area contributed by atoms with Gasteiger partial charge >= 0.3 is 12.0 Å². The van der Waals surface area contributed by atoms with Gasteiger partial charge in [-0.05, 0) is 38.2 Å². The van der Waals surface area contributed by atoms with Gasteiger partial charge in [-0.2, -0.15) is 0 Å². The largest absolute Gasteiger partial charge is 0.454 e. The molecule has 1 aliphatic heterocycles. The number of benzene rings is 1. The Labute approximate surface area is 176 Å². The summed E-state index contributed by atoms with van der Waals surface area (Å²) in [5.74, 6) is -1.61. The summed E-state index contributed by atoms with van der Waals surface area (Å²) in [7, 11) is 0. The van der Waals surface area contributed by atoms with Gasteiger partial charge in [-0.25, -0.2) is 4.79 Å². The first-order chi connectivity index (χ1) is 14.4. The van der Waals surface area contributed by atoms with Crippen molar-refractivity contribution in [1.29, 1.82) is 0 Å². The minimum Gasteiger partial charge on any atom is -0.454 e. The lowest BCUT2D eigenvalue weighted by Crippen LogP contribution is -2.45. The van der Waals surface area contributed by atoms with E-state index in [9.17, 15) is 19.2 Å². The fourth-order valence-corrected chi connectivity index (χ4v) is 3.94. The Morgan fingerprint density at radius 2 is 1.87 bits per heavy atom. The molecule has 1 aromatic rings. The number of hydrogen-bond acceptors (Lipinski definition) is 5. The highest BCUT2D eigenvalue weighted by Crippen LogP contribution is 2.23. The molecule has 1 saturated heterocycles. The van der Waals surface area contributed by atoms with E-state index in [0.29, 0.717) is 12.8 Å². The summed E-state index contributed by atoms with van der Waals surface area (Å²) in [5.41, 5.74) is -0.0198. The van der Waals surface area contributed by atoms with E-state index in [1.54, 1.807) is 6.92 Å². The molecule has 2 aliphatic rings. The minimum atomic E-state index is -1.08. The average molecular weight is 415 g/mol. The van der Waals surface area contributed by atoms with Gasteiger partial charge in [0.15, 0.2) is 6.61 Å². The van der Waals surface area contributed by atoms with E-state index < -0.39 is 36.6 Å². The molecule has 3 rings (SSSR count). The normalized spacial score (nSPS) is 22.0. The van der Waals surface area contributed by atoms with Gasteiger partial charge in [-0.1, -0.05) is 49.6 Å². The molecule has 0 aromatic heterocycles. The van der Waals surface area contributed by atoms with Gasteiger partial charge in [0.25, 0.3) is 11.8 Å². The molecule has 4 amide bonds. The second-order valence-electron chi connectivity index (χ2n) is 8.20. The van der Waals surface area contributed by atoms with Crippen molar-refractivity contribution < 1.29 is 23.9 Å². The molecule has 0 bridgehead atoms. The fourth-order valence-electron chi connectivity index (χ4n) is 3.94. The summed E-state index contributed by atoms with van der Waals surface area (Å²) >= 11 is 0. The van der Waals surface area contributed by atoms with Gasteiger partial charge in [0.1, 0.15) is 12.1 Å². The van der Waals surface area contributed by atoms with Crippen LogP contribution in [0.25, 0.3) is 0 Å². The number of nitrogens with one attached hydrogen (secondary N) is 2. The highest BCUT2D eigenvalue weighted by atomic mass is 16.5. The first-order valence-electron chi connectivity index (χ1n) is 10.5. The first kappa shape index (κ1) is 21.8. The van der Waals surface area contributed by atoms with Crippen LogP contribution in [0.1, 0.15) is 51.0 Å². The molecule has 0 spiro atoms. The third-order valence-corrected chi connectivity index (χ3v) is 5.72. The molecule has 30 heavy (non-hydrogen) atoms. The monoisotopic (exact) mass is 415 g/mol. The van der Waals surface area contributed by atoms with E-state index in [4.69, 9.17) is 4.74 Å². The van der Waals surface area contributed by atoms with Crippen LogP contribution < -0.4 is 10.6 Å². The number of aryl methyl sites for hydroxylation is 1. The molecule has 1 aliphatic carbocycles. The van der Waals surface area contributed by atoms with E-state index in [-0.39, 0.29) is 11.9 Å². The maximum atomic E-state index is 12.8. The number of carbonyl (C=O) groups excluding carboxylic acids is 4. The zero-order valence-electron chi connectivity index (χ0n) is 17.3. The summed E-state index contributed by atoms with van der Waals surface area (Å²) < 4.78 is 4.98. The number of nitrogens with zero attached hydrogens (tertiary/aromatic N) is 1. The Kier molecular flexibility index (Phi) is 7.07. The smallest absolute Gasteiger partial charge is 0.326 e. The van der Waals surface area contributed by atoms with E-state index in [0.717, 1.165) is 36.1 Å². The lowest BCUT2D eigenvalue weighted by molar-refractivity contribution is -0.151. The van der Waals surface area contributed by atoms with Crippen LogP contribution in [0.5, 0.6) is 0 Å². The SMILES string of the molecule is C[C@]1(CCc2ccccc2)NC(=O)N(CC(=O)OCC(=O)NC2CCCCC2)C1=O. The molecule has 2 fully saturated rings. The lowest BCUT2D eigenvalue weighted by Gasteiger charge is -2.22. The quantitative estimate of drug-likeness (QED) is 0.499. The van der Waals surface area contributed by atoms with E-state index in [1.807, 2.05) is 30.3 Å². The molecule has 8 nitrogen and oxygen atoms in total. The van der Waals surface area contributed by atoms with Crippen LogP contribution >= 0.6 is 0 Å². The predicted octanol–water partition coefficient (Wildman–Crippen LogP) is 1.92. The zero-order valence-corrected chi connectivity index (χ0v) is 17.3. The highest BCUT2D eigenvalue weighted by Gasteiger charge is 2.48. The molecule has 1 atom stereocenters. The summed E-state index contributed by atoms with van der Waals surface area (Å²) in [4.78, 5) is 49.9. The number of urea groups is 1. The molecule has 8 heteroatoms. The molecule has 1 aromatic carbocycles. The zero-order chi connectivity index (χ0) is 21.6. The van der Waals surface area contributed by atoms with Crippen molar-refractivity contribution in [2.75, 3.05) is 13.2 Å². The summed E-state index contributed by atoms with van der Waals surface area (Å²) in [6.45, 7) is 0.728. The third-order valence-electron chi connectivity index (χ3n) is 5.72. The van der Waals surface area contributed by atoms with Gasteiger partial charge in [0.05, 0.1) is 0 Å².